The van der Waals surface area contributed by atoms with Gasteiger partial charge in [0.1, 0.15) is 0 Å². The van der Waals surface area contributed by atoms with E-state index >= 15 is 0 Å². The first kappa shape index (κ1) is 28.0. The van der Waals surface area contributed by atoms with Crippen molar-refractivity contribution in [1.82, 2.24) is 10.2 Å². The molecule has 5 fully saturated rings. The molecule has 6 unspecified atom stereocenters. The number of carbonyl (C=O) groups excluding carboxylic acids is 1. The largest absolute Gasteiger partial charge is 0.354 e. The predicted octanol–water partition coefficient (Wildman–Crippen LogP) is 7.65. The number of fused-ring (bicyclic) bond motifs is 7. The van der Waals surface area contributed by atoms with E-state index in [1.54, 1.807) is 0 Å². The minimum absolute atomic E-state index is 0.102. The van der Waals surface area contributed by atoms with Crippen LogP contribution in [-0.4, -0.2) is 38.0 Å². The van der Waals surface area contributed by atoms with Gasteiger partial charge in [0.05, 0.1) is 5.41 Å². The molecule has 0 aliphatic heterocycles. The monoisotopic (exact) mass is 512 g/mol. The topological polar surface area (TPSA) is 32.3 Å². The van der Waals surface area contributed by atoms with Crippen LogP contribution in [0.2, 0.25) is 0 Å². The number of likely N-dealkylation sites (N-methyl/N-ethyl adjacent to an activating group) is 1. The Labute approximate surface area is 229 Å². The van der Waals surface area contributed by atoms with Gasteiger partial charge in [0.2, 0.25) is 5.91 Å². The second kappa shape index (κ2) is 9.52. The van der Waals surface area contributed by atoms with Crippen molar-refractivity contribution in [1.29, 1.82) is 0 Å². The third-order valence-corrected chi connectivity index (χ3v) is 14.3. The van der Waals surface area contributed by atoms with Gasteiger partial charge in [0, 0.05) is 13.1 Å². The van der Waals surface area contributed by atoms with Gasteiger partial charge in [-0.3, -0.25) is 4.79 Å². The number of amides is 1. The van der Waals surface area contributed by atoms with Crippen molar-refractivity contribution < 1.29 is 4.79 Å². The zero-order valence-corrected chi connectivity index (χ0v) is 26.0. The second-order valence-electron chi connectivity index (χ2n) is 16.5. The standard InChI is InChI=1S/C34H60N2O/c1-22(2)24-13-18-34(30(37)35-20-21-36(8)9)19-14-26-25(29(24)34)10-11-28-32(26,6)17-15-27-31(4,5)23(3)12-16-33(27,28)7/h22-29H,10-21H2,1-9H3,(H,35,37)/t23?,24?,25-,26?,27?,28?,29?,32-,33-,34-/m0/s1. The molecule has 5 saturated carbocycles. The maximum absolute atomic E-state index is 14.0. The van der Waals surface area contributed by atoms with Crippen LogP contribution in [-0.2, 0) is 4.79 Å². The molecule has 1 amide bonds. The third-order valence-electron chi connectivity index (χ3n) is 14.3. The molecule has 37 heavy (non-hydrogen) atoms. The minimum atomic E-state index is -0.102. The lowest BCUT2D eigenvalue weighted by Gasteiger charge is -2.69. The summed E-state index contributed by atoms with van der Waals surface area (Å²) in [5.74, 6) is 6.55. The Bertz CT molecular complexity index is 864. The van der Waals surface area contributed by atoms with Crippen molar-refractivity contribution in [3.05, 3.63) is 0 Å². The van der Waals surface area contributed by atoms with Crippen molar-refractivity contribution in [2.45, 2.75) is 113 Å². The van der Waals surface area contributed by atoms with Crippen LogP contribution < -0.4 is 5.32 Å². The molecule has 0 heterocycles. The van der Waals surface area contributed by atoms with E-state index in [9.17, 15) is 4.79 Å². The van der Waals surface area contributed by atoms with Gasteiger partial charge in [-0.15, -0.1) is 0 Å². The Morgan fingerprint density at radius 3 is 2.22 bits per heavy atom. The van der Waals surface area contributed by atoms with Crippen molar-refractivity contribution in [3.8, 4) is 0 Å². The van der Waals surface area contributed by atoms with Gasteiger partial charge in [-0.1, -0.05) is 48.5 Å². The van der Waals surface area contributed by atoms with Crippen molar-refractivity contribution >= 4 is 5.91 Å². The predicted molar refractivity (Wildman–Crippen MR) is 155 cm³/mol. The number of nitrogens with zero attached hydrogens (tertiary/aromatic N) is 1. The molecule has 10 atom stereocenters. The van der Waals surface area contributed by atoms with Gasteiger partial charge < -0.3 is 10.2 Å². The molecule has 5 aliphatic carbocycles. The van der Waals surface area contributed by atoms with Crippen molar-refractivity contribution in [3.63, 3.8) is 0 Å². The summed E-state index contributed by atoms with van der Waals surface area (Å²) >= 11 is 0. The van der Waals surface area contributed by atoms with Crippen LogP contribution in [0, 0.1) is 69.0 Å². The number of hydrogen-bond donors (Lipinski definition) is 1. The normalized spacial score (nSPS) is 48.7. The highest BCUT2D eigenvalue weighted by atomic mass is 16.2. The van der Waals surface area contributed by atoms with E-state index in [0.717, 1.165) is 55.5 Å². The molecule has 3 heteroatoms. The summed E-state index contributed by atoms with van der Waals surface area (Å²) in [5.41, 5.74) is 1.32. The summed E-state index contributed by atoms with van der Waals surface area (Å²) in [6, 6.07) is 0. The van der Waals surface area contributed by atoms with Gasteiger partial charge in [0.25, 0.3) is 0 Å². The van der Waals surface area contributed by atoms with Crippen LogP contribution in [0.4, 0.5) is 0 Å². The van der Waals surface area contributed by atoms with E-state index < -0.39 is 0 Å². The molecule has 3 nitrogen and oxygen atoms in total. The van der Waals surface area contributed by atoms with E-state index in [1.165, 1.54) is 51.4 Å². The fourth-order valence-corrected chi connectivity index (χ4v) is 12.2. The Hall–Kier alpha value is -0.570. The highest BCUT2D eigenvalue weighted by molar-refractivity contribution is 5.83. The molecule has 212 valence electrons. The summed E-state index contributed by atoms with van der Waals surface area (Å²) in [6.07, 6.45) is 13.3. The first-order valence-corrected chi connectivity index (χ1v) is 16.2. The van der Waals surface area contributed by atoms with Gasteiger partial charge >= 0.3 is 0 Å². The van der Waals surface area contributed by atoms with Crippen molar-refractivity contribution in [2.24, 2.45) is 69.0 Å². The van der Waals surface area contributed by atoms with Gasteiger partial charge in [-0.05, 0) is 142 Å². The minimum Gasteiger partial charge on any atom is -0.354 e. The van der Waals surface area contributed by atoms with Crippen LogP contribution in [0.15, 0.2) is 0 Å². The lowest BCUT2D eigenvalue weighted by Crippen LogP contribution is -2.63. The summed E-state index contributed by atoms with van der Waals surface area (Å²) in [7, 11) is 4.20. The van der Waals surface area contributed by atoms with Crippen LogP contribution >= 0.6 is 0 Å². The molecule has 0 radical (unpaired) electrons. The van der Waals surface area contributed by atoms with E-state index in [-0.39, 0.29) is 5.41 Å². The molecular formula is C34H60N2O. The third kappa shape index (κ3) is 4.09. The zero-order chi connectivity index (χ0) is 27.0. The van der Waals surface area contributed by atoms with Crippen LogP contribution in [0.3, 0.4) is 0 Å². The first-order valence-electron chi connectivity index (χ1n) is 16.2. The number of carbonyl (C=O) groups is 1. The lowest BCUT2D eigenvalue weighted by molar-refractivity contribution is -0.207. The molecule has 5 rings (SSSR count). The van der Waals surface area contributed by atoms with Gasteiger partial charge in [0.15, 0.2) is 0 Å². The van der Waals surface area contributed by atoms with Gasteiger partial charge in [-0.2, -0.15) is 0 Å². The number of nitrogens with one attached hydrogen (secondary N) is 1. The van der Waals surface area contributed by atoms with E-state index in [2.05, 4.69) is 72.8 Å². The summed E-state index contributed by atoms with van der Waals surface area (Å²) in [5, 5.41) is 3.44. The van der Waals surface area contributed by atoms with Crippen molar-refractivity contribution in [2.75, 3.05) is 27.2 Å². The fraction of sp³-hybridized carbons (Fsp3) is 0.971. The van der Waals surface area contributed by atoms with Crippen LogP contribution in [0.1, 0.15) is 113 Å². The Morgan fingerprint density at radius 1 is 0.865 bits per heavy atom. The first-order chi connectivity index (χ1) is 17.3. The average Bonchev–Trinajstić information content (AvgIpc) is 3.23. The molecule has 0 saturated heterocycles. The second-order valence-corrected chi connectivity index (χ2v) is 16.5. The van der Waals surface area contributed by atoms with Crippen LogP contribution in [0.25, 0.3) is 0 Å². The fourth-order valence-electron chi connectivity index (χ4n) is 12.2. The maximum Gasteiger partial charge on any atom is 0.226 e. The molecule has 0 spiro atoms. The quantitative estimate of drug-likeness (QED) is 0.410. The summed E-state index contributed by atoms with van der Waals surface area (Å²) in [4.78, 5) is 16.2. The number of hydrogen-bond acceptors (Lipinski definition) is 2. The Balaban J connectivity index is 1.44. The molecule has 0 aromatic rings. The smallest absolute Gasteiger partial charge is 0.226 e. The highest BCUT2D eigenvalue weighted by Gasteiger charge is 2.68. The maximum atomic E-state index is 14.0. The van der Waals surface area contributed by atoms with Gasteiger partial charge in [-0.25, -0.2) is 0 Å². The Morgan fingerprint density at radius 2 is 1.54 bits per heavy atom. The van der Waals surface area contributed by atoms with Crippen LogP contribution in [0.5, 0.6) is 0 Å². The Kier molecular flexibility index (Phi) is 7.20. The molecule has 0 bridgehead atoms. The lowest BCUT2D eigenvalue weighted by atomic mass is 9.35. The number of rotatable bonds is 5. The molecule has 0 aromatic heterocycles. The summed E-state index contributed by atoms with van der Waals surface area (Å²) in [6.45, 7) is 19.8. The van der Waals surface area contributed by atoms with E-state index in [4.69, 9.17) is 0 Å². The molecule has 5 aliphatic rings. The highest BCUT2D eigenvalue weighted by Crippen LogP contribution is 2.74. The van der Waals surface area contributed by atoms with E-state index in [1.807, 2.05) is 0 Å². The van der Waals surface area contributed by atoms with E-state index in [0.29, 0.717) is 39.9 Å². The SMILES string of the molecule is CC(C)C1CC[C@]2(C(=O)NCCN(C)C)CCC3[C@H](CCC4[C@@]3(C)CCC3C(C)(C)C(C)CC[C@@]34C)C12. The molecule has 0 aromatic carbocycles. The summed E-state index contributed by atoms with van der Waals surface area (Å²) < 4.78 is 0. The average molecular weight is 513 g/mol. The zero-order valence-electron chi connectivity index (χ0n) is 26.0. The molecule has 1 N–H and O–H groups in total. The molecular weight excluding hydrogens is 452 g/mol.